The molecule has 1 amide bonds. The van der Waals surface area contributed by atoms with Gasteiger partial charge in [-0.15, -0.1) is 0 Å². The number of pyridine rings is 1. The number of methoxy groups -OCH3 is 1. The normalized spacial score (nSPS) is 10.7. The fraction of sp³-hybridized carbons (Fsp3) is 0.333. The van der Waals surface area contributed by atoms with Gasteiger partial charge < -0.3 is 14.7 Å². The van der Waals surface area contributed by atoms with E-state index in [-0.39, 0.29) is 12.5 Å². The molecule has 5 nitrogen and oxygen atoms in total. The molecule has 0 bridgehead atoms. The van der Waals surface area contributed by atoms with Crippen LogP contribution in [0.25, 0.3) is 10.9 Å². The zero-order valence-electron chi connectivity index (χ0n) is 11.5. The number of aromatic nitrogens is 1. The van der Waals surface area contributed by atoms with Crippen molar-refractivity contribution >= 4 is 16.8 Å². The number of carbonyl (C=O) groups excluding carboxylic acids is 1. The molecule has 1 heterocycles. The first-order valence-corrected chi connectivity index (χ1v) is 6.50. The minimum Gasteiger partial charge on any atom is -0.395 e. The van der Waals surface area contributed by atoms with Gasteiger partial charge in [0, 0.05) is 37.3 Å². The van der Waals surface area contributed by atoms with Crippen molar-refractivity contribution in [2.45, 2.75) is 0 Å². The highest BCUT2D eigenvalue weighted by atomic mass is 16.5. The average molecular weight is 274 g/mol. The van der Waals surface area contributed by atoms with Crippen molar-refractivity contribution in [3.8, 4) is 0 Å². The molecule has 0 atom stereocenters. The van der Waals surface area contributed by atoms with Crippen molar-refractivity contribution in [2.24, 2.45) is 0 Å². The molecule has 1 aromatic carbocycles. The van der Waals surface area contributed by atoms with Crippen LogP contribution < -0.4 is 0 Å². The third-order valence-corrected chi connectivity index (χ3v) is 3.07. The van der Waals surface area contributed by atoms with Crippen LogP contribution in [0.1, 0.15) is 10.4 Å². The molecule has 0 saturated heterocycles. The summed E-state index contributed by atoms with van der Waals surface area (Å²) in [5.74, 6) is -0.109. The average Bonchev–Trinajstić information content (AvgIpc) is 2.50. The molecule has 1 N–H and O–H groups in total. The number of hydrogen-bond acceptors (Lipinski definition) is 4. The highest BCUT2D eigenvalue weighted by Crippen LogP contribution is 2.14. The Hall–Kier alpha value is -1.98. The van der Waals surface area contributed by atoms with Crippen molar-refractivity contribution in [3.05, 3.63) is 42.1 Å². The minimum atomic E-state index is -0.109. The van der Waals surface area contributed by atoms with Crippen LogP contribution in [0.3, 0.4) is 0 Å². The number of ether oxygens (including phenoxy) is 1. The van der Waals surface area contributed by atoms with Gasteiger partial charge in [-0.2, -0.15) is 0 Å². The van der Waals surface area contributed by atoms with Crippen molar-refractivity contribution in [2.75, 3.05) is 33.4 Å². The van der Waals surface area contributed by atoms with E-state index in [1.54, 1.807) is 24.3 Å². The summed E-state index contributed by atoms with van der Waals surface area (Å²) < 4.78 is 4.99. The number of hydrogen-bond donors (Lipinski definition) is 1. The lowest BCUT2D eigenvalue weighted by Gasteiger charge is -2.21. The number of aliphatic hydroxyl groups excluding tert-OH is 1. The largest absolute Gasteiger partial charge is 0.395 e. The Morgan fingerprint density at radius 1 is 1.35 bits per heavy atom. The van der Waals surface area contributed by atoms with Gasteiger partial charge in [0.05, 0.1) is 18.7 Å². The third-order valence-electron chi connectivity index (χ3n) is 3.07. The summed E-state index contributed by atoms with van der Waals surface area (Å²) in [6, 6.07) is 9.17. The molecule has 2 aromatic rings. The first-order chi connectivity index (χ1) is 9.76. The molecule has 1 aromatic heterocycles. The molecule has 5 heteroatoms. The minimum absolute atomic E-state index is 0.0649. The Kier molecular flexibility index (Phi) is 5.03. The van der Waals surface area contributed by atoms with E-state index in [9.17, 15) is 4.79 Å². The Morgan fingerprint density at radius 3 is 2.95 bits per heavy atom. The molecular formula is C15H18N2O3. The maximum Gasteiger partial charge on any atom is 0.254 e. The zero-order valence-corrected chi connectivity index (χ0v) is 11.5. The van der Waals surface area contributed by atoms with Crippen molar-refractivity contribution < 1.29 is 14.6 Å². The molecule has 0 aliphatic heterocycles. The molecule has 0 radical (unpaired) electrons. The predicted molar refractivity (Wildman–Crippen MR) is 76.6 cm³/mol. The second-order valence-electron chi connectivity index (χ2n) is 4.42. The summed E-state index contributed by atoms with van der Waals surface area (Å²) in [5, 5.41) is 9.98. The van der Waals surface area contributed by atoms with E-state index in [2.05, 4.69) is 4.98 Å². The van der Waals surface area contributed by atoms with Crippen LogP contribution in [0.15, 0.2) is 36.5 Å². The summed E-state index contributed by atoms with van der Waals surface area (Å²) in [4.78, 5) is 18.2. The van der Waals surface area contributed by atoms with Crippen LogP contribution in [-0.4, -0.2) is 54.3 Å². The maximum atomic E-state index is 12.4. The first kappa shape index (κ1) is 14.4. The maximum absolute atomic E-state index is 12.4. The summed E-state index contributed by atoms with van der Waals surface area (Å²) in [6.45, 7) is 1.14. The summed E-state index contributed by atoms with van der Waals surface area (Å²) in [6.07, 6.45) is 1.72. The van der Waals surface area contributed by atoms with E-state index in [4.69, 9.17) is 9.84 Å². The molecule has 0 unspecified atom stereocenters. The van der Waals surface area contributed by atoms with Gasteiger partial charge in [-0.1, -0.05) is 6.07 Å². The number of benzene rings is 1. The fourth-order valence-corrected chi connectivity index (χ4v) is 2.03. The van der Waals surface area contributed by atoms with Crippen LogP contribution >= 0.6 is 0 Å². The standard InChI is InChI=1S/C15H18N2O3/c1-20-10-8-17(7-9-18)15(19)13-4-5-14-12(11-13)3-2-6-16-14/h2-6,11,18H,7-10H2,1H3. The number of rotatable bonds is 6. The monoisotopic (exact) mass is 274 g/mol. The molecular weight excluding hydrogens is 256 g/mol. The van der Waals surface area contributed by atoms with Gasteiger partial charge in [0.15, 0.2) is 0 Å². The lowest BCUT2D eigenvalue weighted by atomic mass is 10.1. The van der Waals surface area contributed by atoms with Crippen molar-refractivity contribution in [1.29, 1.82) is 0 Å². The number of amides is 1. The summed E-state index contributed by atoms with van der Waals surface area (Å²) in [5.41, 5.74) is 1.45. The van der Waals surface area contributed by atoms with Gasteiger partial charge in [0.2, 0.25) is 0 Å². The van der Waals surface area contributed by atoms with E-state index in [0.717, 1.165) is 10.9 Å². The highest BCUT2D eigenvalue weighted by molar-refractivity contribution is 5.97. The van der Waals surface area contributed by atoms with Gasteiger partial charge in [0.25, 0.3) is 5.91 Å². The molecule has 20 heavy (non-hydrogen) atoms. The van der Waals surface area contributed by atoms with Crippen molar-refractivity contribution in [3.63, 3.8) is 0 Å². The molecule has 2 rings (SSSR count). The number of aliphatic hydroxyl groups is 1. The zero-order chi connectivity index (χ0) is 14.4. The van der Waals surface area contributed by atoms with Crippen LogP contribution in [0.5, 0.6) is 0 Å². The predicted octanol–water partition coefficient (Wildman–Crippen LogP) is 1.32. The Balaban J connectivity index is 2.23. The Bertz CT molecular complexity index is 586. The van der Waals surface area contributed by atoms with E-state index in [1.807, 2.05) is 24.3 Å². The molecule has 0 spiro atoms. The van der Waals surface area contributed by atoms with Crippen LogP contribution in [0.2, 0.25) is 0 Å². The SMILES string of the molecule is COCCN(CCO)C(=O)c1ccc2ncccc2c1. The lowest BCUT2D eigenvalue weighted by Crippen LogP contribution is -2.36. The second-order valence-corrected chi connectivity index (χ2v) is 4.42. The third kappa shape index (κ3) is 3.31. The van der Waals surface area contributed by atoms with E-state index in [0.29, 0.717) is 25.3 Å². The van der Waals surface area contributed by atoms with Crippen LogP contribution in [0.4, 0.5) is 0 Å². The fourth-order valence-electron chi connectivity index (χ4n) is 2.03. The molecule has 0 aliphatic rings. The lowest BCUT2D eigenvalue weighted by molar-refractivity contribution is 0.0656. The smallest absolute Gasteiger partial charge is 0.254 e. The van der Waals surface area contributed by atoms with E-state index < -0.39 is 0 Å². The van der Waals surface area contributed by atoms with Gasteiger partial charge in [-0.25, -0.2) is 0 Å². The highest BCUT2D eigenvalue weighted by Gasteiger charge is 2.15. The summed E-state index contributed by atoms with van der Waals surface area (Å²) >= 11 is 0. The van der Waals surface area contributed by atoms with Crippen molar-refractivity contribution in [1.82, 2.24) is 9.88 Å². The first-order valence-electron chi connectivity index (χ1n) is 6.50. The quantitative estimate of drug-likeness (QED) is 0.863. The van der Waals surface area contributed by atoms with E-state index >= 15 is 0 Å². The van der Waals surface area contributed by atoms with Gasteiger partial charge in [0.1, 0.15) is 0 Å². The molecule has 0 saturated carbocycles. The van der Waals surface area contributed by atoms with E-state index in [1.165, 1.54) is 0 Å². The Morgan fingerprint density at radius 2 is 2.20 bits per heavy atom. The molecule has 0 fully saturated rings. The van der Waals surface area contributed by atoms with Crippen LogP contribution in [0, 0.1) is 0 Å². The van der Waals surface area contributed by atoms with Gasteiger partial charge in [-0.3, -0.25) is 9.78 Å². The molecule has 106 valence electrons. The molecule has 0 aliphatic carbocycles. The van der Waals surface area contributed by atoms with Crippen LogP contribution in [-0.2, 0) is 4.74 Å². The topological polar surface area (TPSA) is 62.7 Å². The summed E-state index contributed by atoms with van der Waals surface area (Å²) in [7, 11) is 1.59. The van der Waals surface area contributed by atoms with Gasteiger partial charge in [-0.05, 0) is 24.3 Å². The number of nitrogens with zero attached hydrogens (tertiary/aromatic N) is 2. The number of fused-ring (bicyclic) bond motifs is 1. The van der Waals surface area contributed by atoms with Gasteiger partial charge >= 0.3 is 0 Å². The second kappa shape index (κ2) is 6.98. The Labute approximate surface area is 117 Å². The number of carbonyl (C=O) groups is 1.